The first-order valence-corrected chi connectivity index (χ1v) is 6.60. The molecule has 1 aromatic carbocycles. The van der Waals surface area contributed by atoms with Crippen LogP contribution in [0.1, 0.15) is 10.4 Å². The molecule has 0 aliphatic carbocycles. The molecule has 0 aliphatic heterocycles. The minimum atomic E-state index is -0.0650. The van der Waals surface area contributed by atoms with E-state index in [-0.39, 0.29) is 5.91 Å². The molecule has 0 aromatic heterocycles. The van der Waals surface area contributed by atoms with Crippen molar-refractivity contribution in [1.29, 1.82) is 0 Å². The fourth-order valence-corrected chi connectivity index (χ4v) is 2.01. The molecule has 0 atom stereocenters. The number of carbonyl (C=O) groups is 1. The highest BCUT2D eigenvalue weighted by Gasteiger charge is 2.06. The minimum Gasteiger partial charge on any atom is -0.351 e. The Bertz CT molecular complexity index is 366. The van der Waals surface area contributed by atoms with Crippen molar-refractivity contribution in [2.75, 3.05) is 18.1 Å². The molecule has 4 heteroatoms. The maximum absolute atomic E-state index is 11.7. The Hall–Kier alpha value is -0.870. The normalized spacial score (nSPS) is 9.81. The SMILES string of the molecule is C=CCSCCNC(=O)c1ccccc1S. The van der Waals surface area contributed by atoms with E-state index in [0.717, 1.165) is 11.5 Å². The number of nitrogens with one attached hydrogen (secondary N) is 1. The molecule has 0 spiro atoms. The van der Waals surface area contributed by atoms with Crippen LogP contribution in [0.25, 0.3) is 0 Å². The van der Waals surface area contributed by atoms with Crippen LogP contribution >= 0.6 is 24.4 Å². The van der Waals surface area contributed by atoms with Crippen LogP contribution < -0.4 is 5.32 Å². The first-order valence-electron chi connectivity index (χ1n) is 5.00. The van der Waals surface area contributed by atoms with Gasteiger partial charge in [-0.15, -0.1) is 19.2 Å². The van der Waals surface area contributed by atoms with Gasteiger partial charge in [0, 0.05) is 22.9 Å². The van der Waals surface area contributed by atoms with Crippen LogP contribution in [0, 0.1) is 0 Å². The molecule has 0 aliphatic rings. The summed E-state index contributed by atoms with van der Waals surface area (Å²) in [6.45, 7) is 4.30. The highest BCUT2D eigenvalue weighted by atomic mass is 32.2. The van der Waals surface area contributed by atoms with Gasteiger partial charge < -0.3 is 5.32 Å². The van der Waals surface area contributed by atoms with E-state index < -0.39 is 0 Å². The molecule has 1 amide bonds. The summed E-state index contributed by atoms with van der Waals surface area (Å²) in [5.74, 6) is 1.75. The Morgan fingerprint density at radius 1 is 1.50 bits per heavy atom. The van der Waals surface area contributed by atoms with Gasteiger partial charge in [-0.05, 0) is 12.1 Å². The number of amides is 1. The second kappa shape index (κ2) is 7.41. The standard InChI is InChI=1S/C12H15NOS2/c1-2-8-16-9-7-13-12(14)10-5-3-4-6-11(10)15/h2-6,15H,1,7-9H2,(H,13,14). The number of thioether (sulfide) groups is 1. The summed E-state index contributed by atoms with van der Waals surface area (Å²) in [7, 11) is 0. The summed E-state index contributed by atoms with van der Waals surface area (Å²) in [6, 6.07) is 7.28. The zero-order chi connectivity index (χ0) is 11.8. The number of thiol groups is 1. The van der Waals surface area contributed by atoms with Crippen LogP contribution in [-0.2, 0) is 0 Å². The molecule has 0 heterocycles. The summed E-state index contributed by atoms with van der Waals surface area (Å²) in [4.78, 5) is 12.4. The lowest BCUT2D eigenvalue weighted by Gasteiger charge is -2.06. The molecule has 0 unspecified atom stereocenters. The zero-order valence-corrected chi connectivity index (χ0v) is 10.7. The molecule has 1 N–H and O–H groups in total. The van der Waals surface area contributed by atoms with Gasteiger partial charge in [-0.2, -0.15) is 11.8 Å². The van der Waals surface area contributed by atoms with Crippen LogP contribution in [0.2, 0.25) is 0 Å². The molecule has 0 fully saturated rings. The molecule has 86 valence electrons. The predicted molar refractivity (Wildman–Crippen MR) is 73.5 cm³/mol. The highest BCUT2D eigenvalue weighted by Crippen LogP contribution is 2.12. The van der Waals surface area contributed by atoms with Gasteiger partial charge in [0.05, 0.1) is 5.56 Å². The van der Waals surface area contributed by atoms with Crippen LogP contribution in [0.3, 0.4) is 0 Å². The fraction of sp³-hybridized carbons (Fsp3) is 0.250. The van der Waals surface area contributed by atoms with Gasteiger partial charge in [0.15, 0.2) is 0 Å². The monoisotopic (exact) mass is 253 g/mol. The highest BCUT2D eigenvalue weighted by molar-refractivity contribution is 7.99. The third-order valence-corrected chi connectivity index (χ3v) is 3.27. The largest absolute Gasteiger partial charge is 0.351 e. The van der Waals surface area contributed by atoms with E-state index >= 15 is 0 Å². The van der Waals surface area contributed by atoms with Gasteiger partial charge in [-0.25, -0.2) is 0 Å². The van der Waals surface area contributed by atoms with Crippen molar-refractivity contribution in [3.8, 4) is 0 Å². The van der Waals surface area contributed by atoms with Gasteiger partial charge in [0.1, 0.15) is 0 Å². The molecule has 0 saturated carbocycles. The third kappa shape index (κ3) is 4.33. The summed E-state index contributed by atoms with van der Waals surface area (Å²) in [5.41, 5.74) is 0.625. The van der Waals surface area contributed by atoms with Crippen LogP contribution in [0.15, 0.2) is 41.8 Å². The minimum absolute atomic E-state index is 0.0650. The Balaban J connectivity index is 2.36. The Morgan fingerprint density at radius 2 is 2.25 bits per heavy atom. The summed E-state index contributed by atoms with van der Waals surface area (Å²) in [6.07, 6.45) is 1.86. The van der Waals surface area contributed by atoms with Crippen molar-refractivity contribution in [2.24, 2.45) is 0 Å². The maximum atomic E-state index is 11.7. The molecule has 1 rings (SSSR count). The zero-order valence-electron chi connectivity index (χ0n) is 8.98. The Kier molecular flexibility index (Phi) is 6.11. The number of carbonyl (C=O) groups excluding carboxylic acids is 1. The molecule has 16 heavy (non-hydrogen) atoms. The van der Waals surface area contributed by atoms with Crippen molar-refractivity contribution >= 4 is 30.3 Å². The number of benzene rings is 1. The van der Waals surface area contributed by atoms with E-state index in [0.29, 0.717) is 17.0 Å². The maximum Gasteiger partial charge on any atom is 0.252 e. The van der Waals surface area contributed by atoms with Crippen molar-refractivity contribution in [3.05, 3.63) is 42.5 Å². The third-order valence-electron chi connectivity index (χ3n) is 1.92. The van der Waals surface area contributed by atoms with E-state index in [1.807, 2.05) is 24.3 Å². The molecular formula is C12H15NOS2. The van der Waals surface area contributed by atoms with E-state index in [4.69, 9.17) is 0 Å². The van der Waals surface area contributed by atoms with E-state index in [1.54, 1.807) is 17.8 Å². The predicted octanol–water partition coefficient (Wildman–Crippen LogP) is 2.62. The number of hydrogen-bond acceptors (Lipinski definition) is 3. The summed E-state index contributed by atoms with van der Waals surface area (Å²) in [5, 5.41) is 2.86. The smallest absolute Gasteiger partial charge is 0.252 e. The molecule has 0 saturated heterocycles. The van der Waals surface area contributed by atoms with E-state index in [1.165, 1.54) is 0 Å². The van der Waals surface area contributed by atoms with E-state index in [9.17, 15) is 4.79 Å². The molecule has 0 radical (unpaired) electrons. The van der Waals surface area contributed by atoms with Gasteiger partial charge in [0.2, 0.25) is 0 Å². The average molecular weight is 253 g/mol. The lowest BCUT2D eigenvalue weighted by atomic mass is 10.2. The van der Waals surface area contributed by atoms with Gasteiger partial charge in [-0.3, -0.25) is 4.79 Å². The number of rotatable bonds is 6. The van der Waals surface area contributed by atoms with Crippen LogP contribution in [-0.4, -0.2) is 24.0 Å². The van der Waals surface area contributed by atoms with E-state index in [2.05, 4.69) is 24.5 Å². The summed E-state index contributed by atoms with van der Waals surface area (Å²) < 4.78 is 0. The fourth-order valence-electron chi connectivity index (χ4n) is 1.16. The van der Waals surface area contributed by atoms with Crippen molar-refractivity contribution in [1.82, 2.24) is 5.32 Å². The van der Waals surface area contributed by atoms with Crippen LogP contribution in [0.5, 0.6) is 0 Å². The molecule has 0 bridgehead atoms. The lowest BCUT2D eigenvalue weighted by Crippen LogP contribution is -2.26. The Morgan fingerprint density at radius 3 is 2.94 bits per heavy atom. The van der Waals surface area contributed by atoms with Crippen molar-refractivity contribution in [3.63, 3.8) is 0 Å². The molecular weight excluding hydrogens is 238 g/mol. The van der Waals surface area contributed by atoms with Gasteiger partial charge >= 0.3 is 0 Å². The second-order valence-electron chi connectivity index (χ2n) is 3.14. The molecule has 2 nitrogen and oxygen atoms in total. The summed E-state index contributed by atoms with van der Waals surface area (Å²) >= 11 is 5.98. The van der Waals surface area contributed by atoms with Gasteiger partial charge in [-0.1, -0.05) is 18.2 Å². The lowest BCUT2D eigenvalue weighted by molar-refractivity contribution is 0.0953. The molecule has 1 aromatic rings. The van der Waals surface area contributed by atoms with Crippen molar-refractivity contribution < 1.29 is 4.79 Å². The second-order valence-corrected chi connectivity index (χ2v) is 4.77. The quantitative estimate of drug-likeness (QED) is 0.463. The number of hydrogen-bond donors (Lipinski definition) is 2. The van der Waals surface area contributed by atoms with Crippen molar-refractivity contribution in [2.45, 2.75) is 4.90 Å². The Labute approximate surface area is 106 Å². The first-order chi connectivity index (χ1) is 7.75. The average Bonchev–Trinajstić information content (AvgIpc) is 2.29. The first kappa shape index (κ1) is 13.2. The van der Waals surface area contributed by atoms with Gasteiger partial charge in [0.25, 0.3) is 5.91 Å². The topological polar surface area (TPSA) is 29.1 Å². The van der Waals surface area contributed by atoms with Crippen LogP contribution in [0.4, 0.5) is 0 Å².